The van der Waals surface area contributed by atoms with Gasteiger partial charge < -0.3 is 9.15 Å². The zero-order valence-corrected chi connectivity index (χ0v) is 7.46. The van der Waals surface area contributed by atoms with E-state index in [9.17, 15) is 4.79 Å². The second-order valence-corrected chi connectivity index (χ2v) is 3.13. The van der Waals surface area contributed by atoms with Crippen LogP contribution in [0.1, 0.15) is 19.4 Å². The summed E-state index contributed by atoms with van der Waals surface area (Å²) in [6.45, 7) is 3.59. The summed E-state index contributed by atoms with van der Waals surface area (Å²) < 4.78 is 9.55. The predicted octanol–water partition coefficient (Wildman–Crippen LogP) is 1.73. The van der Waals surface area contributed by atoms with Gasteiger partial charge in [0.2, 0.25) is 0 Å². The lowest BCUT2D eigenvalue weighted by atomic mass is 9.87. The van der Waals surface area contributed by atoms with Gasteiger partial charge in [0, 0.05) is 5.56 Å². The fourth-order valence-electron chi connectivity index (χ4n) is 0.993. The average Bonchev–Trinajstić information content (AvgIpc) is 2.55. The van der Waals surface area contributed by atoms with Gasteiger partial charge in [-0.05, 0) is 19.9 Å². The molecule has 1 heterocycles. The number of furan rings is 1. The molecule has 0 aliphatic heterocycles. The topological polar surface area (TPSA) is 39.4 Å². The molecular weight excluding hydrogens is 156 g/mol. The number of ether oxygens (including phenoxy) is 1. The minimum atomic E-state index is -0.623. The fraction of sp³-hybridized carbons (Fsp3) is 0.444. The highest BCUT2D eigenvalue weighted by Crippen LogP contribution is 2.24. The molecule has 3 heteroatoms. The van der Waals surface area contributed by atoms with Gasteiger partial charge in [-0.2, -0.15) is 0 Å². The van der Waals surface area contributed by atoms with Gasteiger partial charge in [-0.1, -0.05) is 0 Å². The molecule has 1 aromatic heterocycles. The average molecular weight is 168 g/mol. The molecule has 1 aromatic rings. The molecule has 12 heavy (non-hydrogen) atoms. The van der Waals surface area contributed by atoms with Crippen LogP contribution >= 0.6 is 0 Å². The summed E-state index contributed by atoms with van der Waals surface area (Å²) in [6.07, 6.45) is 3.09. The second kappa shape index (κ2) is 3.01. The van der Waals surface area contributed by atoms with Gasteiger partial charge in [0.05, 0.1) is 25.1 Å². The van der Waals surface area contributed by atoms with Crippen molar-refractivity contribution in [3.63, 3.8) is 0 Å². The molecule has 3 nitrogen and oxygen atoms in total. The van der Waals surface area contributed by atoms with Gasteiger partial charge in [0.1, 0.15) is 0 Å². The Morgan fingerprint density at radius 1 is 1.58 bits per heavy atom. The van der Waals surface area contributed by atoms with Crippen molar-refractivity contribution in [3.05, 3.63) is 24.2 Å². The van der Waals surface area contributed by atoms with E-state index in [1.54, 1.807) is 32.4 Å². The molecule has 0 radical (unpaired) electrons. The third-order valence-corrected chi connectivity index (χ3v) is 1.94. The van der Waals surface area contributed by atoms with Crippen molar-refractivity contribution < 1.29 is 13.9 Å². The highest BCUT2D eigenvalue weighted by Gasteiger charge is 2.31. The van der Waals surface area contributed by atoms with Crippen molar-refractivity contribution in [2.45, 2.75) is 19.3 Å². The molecule has 0 N–H and O–H groups in total. The van der Waals surface area contributed by atoms with Gasteiger partial charge in [-0.25, -0.2) is 0 Å². The van der Waals surface area contributed by atoms with Crippen LogP contribution in [0.5, 0.6) is 0 Å². The van der Waals surface area contributed by atoms with Gasteiger partial charge in [-0.15, -0.1) is 0 Å². The molecule has 0 bridgehead atoms. The summed E-state index contributed by atoms with van der Waals surface area (Å²) in [5.74, 6) is -0.260. The molecule has 0 aliphatic carbocycles. The monoisotopic (exact) mass is 168 g/mol. The number of carbonyl (C=O) groups is 1. The first kappa shape index (κ1) is 8.84. The molecule has 0 aromatic carbocycles. The molecule has 0 atom stereocenters. The fourth-order valence-corrected chi connectivity index (χ4v) is 0.993. The maximum Gasteiger partial charge on any atom is 0.315 e. The van der Waals surface area contributed by atoms with E-state index in [-0.39, 0.29) is 5.97 Å². The molecule has 0 spiro atoms. The highest BCUT2D eigenvalue weighted by molar-refractivity contribution is 5.81. The Morgan fingerprint density at radius 2 is 2.25 bits per heavy atom. The third-order valence-electron chi connectivity index (χ3n) is 1.94. The van der Waals surface area contributed by atoms with Crippen LogP contribution in [-0.4, -0.2) is 13.1 Å². The number of esters is 1. The lowest BCUT2D eigenvalue weighted by Gasteiger charge is -2.18. The molecule has 0 aliphatic rings. The number of rotatable bonds is 2. The summed E-state index contributed by atoms with van der Waals surface area (Å²) in [4.78, 5) is 11.3. The van der Waals surface area contributed by atoms with E-state index in [0.717, 1.165) is 5.56 Å². The zero-order valence-electron chi connectivity index (χ0n) is 7.46. The Labute approximate surface area is 71.3 Å². The Kier molecular flexibility index (Phi) is 2.22. The van der Waals surface area contributed by atoms with E-state index in [4.69, 9.17) is 4.42 Å². The van der Waals surface area contributed by atoms with Crippen LogP contribution in [0.2, 0.25) is 0 Å². The first-order valence-electron chi connectivity index (χ1n) is 3.70. The number of carbonyl (C=O) groups excluding carboxylic acids is 1. The Morgan fingerprint density at radius 3 is 2.67 bits per heavy atom. The van der Waals surface area contributed by atoms with Crippen LogP contribution in [0, 0.1) is 0 Å². The molecule has 0 fully saturated rings. The lowest BCUT2D eigenvalue weighted by Crippen LogP contribution is -2.29. The first-order valence-corrected chi connectivity index (χ1v) is 3.70. The van der Waals surface area contributed by atoms with Gasteiger partial charge >= 0.3 is 5.97 Å². The van der Waals surface area contributed by atoms with Gasteiger partial charge in [-0.3, -0.25) is 4.79 Å². The predicted molar refractivity (Wildman–Crippen MR) is 43.8 cm³/mol. The largest absolute Gasteiger partial charge is 0.472 e. The molecule has 0 unspecified atom stereocenters. The summed E-state index contributed by atoms with van der Waals surface area (Å²) in [5.41, 5.74) is 0.205. The SMILES string of the molecule is COC(=O)C(C)(C)c1ccoc1. The normalized spacial score (nSPS) is 11.2. The van der Waals surface area contributed by atoms with E-state index in [1.807, 2.05) is 0 Å². The lowest BCUT2D eigenvalue weighted by molar-refractivity contribution is -0.146. The van der Waals surface area contributed by atoms with E-state index < -0.39 is 5.41 Å². The van der Waals surface area contributed by atoms with E-state index in [2.05, 4.69) is 4.74 Å². The Balaban J connectivity index is 2.93. The smallest absolute Gasteiger partial charge is 0.315 e. The standard InChI is InChI=1S/C9H12O3/c1-9(2,8(10)11-3)7-4-5-12-6-7/h4-6H,1-3H3. The maximum atomic E-state index is 11.3. The van der Waals surface area contributed by atoms with Crippen LogP contribution < -0.4 is 0 Å². The Hall–Kier alpha value is -1.25. The third kappa shape index (κ3) is 1.35. The van der Waals surface area contributed by atoms with E-state index >= 15 is 0 Å². The van der Waals surface area contributed by atoms with Crippen LogP contribution in [-0.2, 0) is 14.9 Å². The van der Waals surface area contributed by atoms with Crippen molar-refractivity contribution in [1.29, 1.82) is 0 Å². The quantitative estimate of drug-likeness (QED) is 0.631. The highest BCUT2D eigenvalue weighted by atomic mass is 16.5. The van der Waals surface area contributed by atoms with Crippen molar-refractivity contribution in [2.75, 3.05) is 7.11 Å². The van der Waals surface area contributed by atoms with Crippen LogP contribution in [0.3, 0.4) is 0 Å². The maximum absolute atomic E-state index is 11.3. The molecule has 0 saturated heterocycles. The zero-order chi connectivity index (χ0) is 9.19. The minimum absolute atomic E-state index is 0.260. The summed E-state index contributed by atoms with van der Waals surface area (Å²) in [5, 5.41) is 0. The number of hydrogen-bond donors (Lipinski definition) is 0. The van der Waals surface area contributed by atoms with Crippen molar-refractivity contribution >= 4 is 5.97 Å². The van der Waals surface area contributed by atoms with Crippen LogP contribution in [0.15, 0.2) is 23.0 Å². The summed E-state index contributed by atoms with van der Waals surface area (Å²) in [6, 6.07) is 1.76. The van der Waals surface area contributed by atoms with Crippen LogP contribution in [0.4, 0.5) is 0 Å². The van der Waals surface area contributed by atoms with Gasteiger partial charge in [0.15, 0.2) is 0 Å². The number of methoxy groups -OCH3 is 1. The summed E-state index contributed by atoms with van der Waals surface area (Å²) in [7, 11) is 1.38. The summed E-state index contributed by atoms with van der Waals surface area (Å²) >= 11 is 0. The molecule has 0 saturated carbocycles. The van der Waals surface area contributed by atoms with Crippen LogP contribution in [0.25, 0.3) is 0 Å². The molecule has 66 valence electrons. The molecule has 1 rings (SSSR count). The minimum Gasteiger partial charge on any atom is -0.472 e. The first-order chi connectivity index (χ1) is 5.59. The molecule has 0 amide bonds. The molecular formula is C9H12O3. The van der Waals surface area contributed by atoms with Crippen molar-refractivity contribution in [2.24, 2.45) is 0 Å². The Bertz CT molecular complexity index is 259. The van der Waals surface area contributed by atoms with Gasteiger partial charge in [0.25, 0.3) is 0 Å². The van der Waals surface area contributed by atoms with E-state index in [0.29, 0.717) is 0 Å². The van der Waals surface area contributed by atoms with Crippen molar-refractivity contribution in [3.8, 4) is 0 Å². The van der Waals surface area contributed by atoms with E-state index in [1.165, 1.54) is 7.11 Å². The van der Waals surface area contributed by atoms with Crippen molar-refractivity contribution in [1.82, 2.24) is 0 Å². The number of hydrogen-bond acceptors (Lipinski definition) is 3. The second-order valence-electron chi connectivity index (χ2n) is 3.13.